The van der Waals surface area contributed by atoms with Crippen molar-refractivity contribution in [2.24, 2.45) is 4.99 Å². The highest BCUT2D eigenvalue weighted by atomic mass is 15.0. The molecule has 3 heteroatoms. The Morgan fingerprint density at radius 3 is 2.67 bits per heavy atom. The second-order valence-electron chi connectivity index (χ2n) is 5.06. The minimum absolute atomic E-state index is 0.187. The van der Waals surface area contributed by atoms with Crippen LogP contribution in [0.5, 0.6) is 0 Å². The van der Waals surface area contributed by atoms with Gasteiger partial charge in [0.15, 0.2) is 0 Å². The molecule has 1 rings (SSSR count). The molecule has 2 N–H and O–H groups in total. The third-order valence-corrected chi connectivity index (χ3v) is 2.73. The van der Waals surface area contributed by atoms with Gasteiger partial charge in [0.25, 0.3) is 0 Å². The van der Waals surface area contributed by atoms with Crippen LogP contribution in [0, 0.1) is 0 Å². The molecular formula is C12H25N3. The first-order chi connectivity index (χ1) is 7.10. The lowest BCUT2D eigenvalue weighted by atomic mass is 9.97. The first kappa shape index (κ1) is 12.7. The van der Waals surface area contributed by atoms with Gasteiger partial charge in [-0.15, -0.1) is 0 Å². The lowest BCUT2D eigenvalue weighted by molar-refractivity contribution is 0.394. The summed E-state index contributed by atoms with van der Waals surface area (Å²) in [6, 6.07) is 0. The molecule has 15 heavy (non-hydrogen) atoms. The van der Waals surface area contributed by atoms with Crippen molar-refractivity contribution in [2.75, 3.05) is 26.2 Å². The van der Waals surface area contributed by atoms with Crippen LogP contribution in [0.1, 0.15) is 40.0 Å². The molecule has 0 aromatic carbocycles. The molecule has 0 aromatic rings. The van der Waals surface area contributed by atoms with E-state index < -0.39 is 0 Å². The van der Waals surface area contributed by atoms with Gasteiger partial charge in [-0.05, 0) is 53.2 Å². The second kappa shape index (κ2) is 6.23. The molecule has 3 nitrogen and oxygen atoms in total. The summed E-state index contributed by atoms with van der Waals surface area (Å²) in [7, 11) is 0. The van der Waals surface area contributed by atoms with E-state index in [0.717, 1.165) is 39.0 Å². The lowest BCUT2D eigenvalue weighted by Crippen LogP contribution is -2.42. The van der Waals surface area contributed by atoms with E-state index in [2.05, 4.69) is 36.4 Å². The van der Waals surface area contributed by atoms with E-state index in [0.29, 0.717) is 0 Å². The number of aliphatic imine (C=N–C) groups is 1. The number of rotatable bonds is 0. The van der Waals surface area contributed by atoms with Crippen molar-refractivity contribution in [3.8, 4) is 0 Å². The summed E-state index contributed by atoms with van der Waals surface area (Å²) in [5, 5.41) is 7.02. The summed E-state index contributed by atoms with van der Waals surface area (Å²) in [6.45, 7) is 10.9. The SMILES string of the molecule is CC1=NCCCNCCCNC(C)(C)C1. The molecule has 0 saturated carbocycles. The van der Waals surface area contributed by atoms with Crippen molar-refractivity contribution in [1.29, 1.82) is 0 Å². The first-order valence-corrected chi connectivity index (χ1v) is 6.06. The highest BCUT2D eigenvalue weighted by molar-refractivity contribution is 5.82. The number of hydrogen-bond acceptors (Lipinski definition) is 3. The van der Waals surface area contributed by atoms with E-state index in [-0.39, 0.29) is 5.54 Å². The summed E-state index contributed by atoms with van der Waals surface area (Å²) < 4.78 is 0. The van der Waals surface area contributed by atoms with Gasteiger partial charge in [-0.3, -0.25) is 4.99 Å². The van der Waals surface area contributed by atoms with E-state index in [1.165, 1.54) is 12.1 Å². The van der Waals surface area contributed by atoms with E-state index in [1.807, 2.05) is 0 Å². The maximum absolute atomic E-state index is 4.59. The quantitative estimate of drug-likeness (QED) is 0.638. The van der Waals surface area contributed by atoms with Crippen LogP contribution in [-0.2, 0) is 0 Å². The van der Waals surface area contributed by atoms with Gasteiger partial charge in [0.1, 0.15) is 0 Å². The van der Waals surface area contributed by atoms with Gasteiger partial charge < -0.3 is 10.6 Å². The van der Waals surface area contributed by atoms with Gasteiger partial charge in [-0.25, -0.2) is 0 Å². The van der Waals surface area contributed by atoms with E-state index in [9.17, 15) is 0 Å². The lowest BCUT2D eigenvalue weighted by Gasteiger charge is -2.27. The van der Waals surface area contributed by atoms with E-state index >= 15 is 0 Å². The molecule has 88 valence electrons. The van der Waals surface area contributed by atoms with Crippen LogP contribution < -0.4 is 10.6 Å². The smallest absolute Gasteiger partial charge is 0.0400 e. The van der Waals surface area contributed by atoms with Gasteiger partial charge in [0.2, 0.25) is 0 Å². The van der Waals surface area contributed by atoms with Gasteiger partial charge >= 0.3 is 0 Å². The van der Waals surface area contributed by atoms with Crippen molar-refractivity contribution < 1.29 is 0 Å². The third-order valence-electron chi connectivity index (χ3n) is 2.73. The molecule has 1 heterocycles. The number of nitrogens with zero attached hydrogens (tertiary/aromatic N) is 1. The average Bonchev–Trinajstić information content (AvgIpc) is 2.12. The largest absolute Gasteiger partial charge is 0.317 e. The monoisotopic (exact) mass is 211 g/mol. The Morgan fingerprint density at radius 1 is 1.13 bits per heavy atom. The van der Waals surface area contributed by atoms with Crippen LogP contribution in [0.2, 0.25) is 0 Å². The first-order valence-electron chi connectivity index (χ1n) is 6.06. The molecule has 0 aromatic heterocycles. The van der Waals surface area contributed by atoms with Crippen LogP contribution in [0.3, 0.4) is 0 Å². The number of nitrogens with one attached hydrogen (secondary N) is 2. The van der Waals surface area contributed by atoms with Crippen LogP contribution in [-0.4, -0.2) is 37.4 Å². The molecule has 0 saturated heterocycles. The standard InChI is InChI=1S/C12H25N3/c1-11-10-12(2,3)15-9-5-7-13-6-4-8-14-11/h13,15H,4-10H2,1-3H3. The van der Waals surface area contributed by atoms with Crippen LogP contribution >= 0.6 is 0 Å². The molecule has 1 aliphatic rings. The van der Waals surface area contributed by atoms with Crippen molar-refractivity contribution in [3.63, 3.8) is 0 Å². The second-order valence-corrected chi connectivity index (χ2v) is 5.06. The summed E-state index contributed by atoms with van der Waals surface area (Å²) in [5.41, 5.74) is 1.46. The Labute approximate surface area is 93.7 Å². The van der Waals surface area contributed by atoms with Crippen LogP contribution in [0.15, 0.2) is 4.99 Å². The minimum atomic E-state index is 0.187. The number of hydrogen-bond donors (Lipinski definition) is 2. The maximum Gasteiger partial charge on any atom is 0.0400 e. The topological polar surface area (TPSA) is 36.4 Å². The molecule has 0 unspecified atom stereocenters. The van der Waals surface area contributed by atoms with Crippen LogP contribution in [0.25, 0.3) is 0 Å². The molecule has 0 radical (unpaired) electrons. The summed E-state index contributed by atoms with van der Waals surface area (Å²) in [6.07, 6.45) is 3.42. The fourth-order valence-electron chi connectivity index (χ4n) is 2.00. The molecule has 0 amide bonds. The van der Waals surface area contributed by atoms with Crippen molar-refractivity contribution in [1.82, 2.24) is 10.6 Å². The Kier molecular flexibility index (Phi) is 5.26. The highest BCUT2D eigenvalue weighted by Gasteiger charge is 2.17. The van der Waals surface area contributed by atoms with E-state index in [4.69, 9.17) is 0 Å². The highest BCUT2D eigenvalue weighted by Crippen LogP contribution is 2.09. The van der Waals surface area contributed by atoms with Gasteiger partial charge in [-0.2, -0.15) is 0 Å². The van der Waals surface area contributed by atoms with E-state index in [1.54, 1.807) is 0 Å². The molecule has 1 aliphatic heterocycles. The zero-order valence-electron chi connectivity index (χ0n) is 10.4. The molecular weight excluding hydrogens is 186 g/mol. The third kappa shape index (κ3) is 5.90. The predicted octanol–water partition coefficient (Wildman–Crippen LogP) is 1.59. The minimum Gasteiger partial charge on any atom is -0.317 e. The fourth-order valence-corrected chi connectivity index (χ4v) is 2.00. The molecule has 0 atom stereocenters. The normalized spacial score (nSPS) is 24.9. The summed E-state index contributed by atoms with van der Waals surface area (Å²) in [5.74, 6) is 0. The Morgan fingerprint density at radius 2 is 1.87 bits per heavy atom. The fraction of sp³-hybridized carbons (Fsp3) is 0.917. The Bertz CT molecular complexity index is 209. The van der Waals surface area contributed by atoms with Crippen molar-refractivity contribution in [2.45, 2.75) is 45.6 Å². The molecule has 0 aliphatic carbocycles. The van der Waals surface area contributed by atoms with Gasteiger partial charge in [0.05, 0.1) is 0 Å². The molecule has 0 bridgehead atoms. The summed E-state index contributed by atoms with van der Waals surface area (Å²) >= 11 is 0. The Balaban J connectivity index is 2.49. The zero-order chi connectivity index (χ0) is 11.1. The Hall–Kier alpha value is -0.410. The average molecular weight is 211 g/mol. The molecule has 0 spiro atoms. The van der Waals surface area contributed by atoms with Crippen molar-refractivity contribution >= 4 is 5.71 Å². The van der Waals surface area contributed by atoms with Gasteiger partial charge in [0, 0.05) is 24.2 Å². The van der Waals surface area contributed by atoms with Gasteiger partial charge in [-0.1, -0.05) is 0 Å². The predicted molar refractivity (Wildman–Crippen MR) is 66.8 cm³/mol. The zero-order valence-corrected chi connectivity index (χ0v) is 10.4. The van der Waals surface area contributed by atoms with Crippen LogP contribution in [0.4, 0.5) is 0 Å². The summed E-state index contributed by atoms with van der Waals surface area (Å²) in [4.78, 5) is 4.59. The molecule has 0 fully saturated rings. The maximum atomic E-state index is 4.59. The van der Waals surface area contributed by atoms with Crippen molar-refractivity contribution in [3.05, 3.63) is 0 Å².